The number of carbonyl (C=O) groups excluding carboxylic acids is 1. The maximum Gasteiger partial charge on any atom is 0.254 e. The van der Waals surface area contributed by atoms with Crippen LogP contribution in [0.15, 0.2) is 49.1 Å². The Morgan fingerprint density at radius 2 is 2.00 bits per heavy atom. The van der Waals surface area contributed by atoms with Gasteiger partial charge in [0, 0.05) is 41.6 Å². The molecule has 4 rings (SSSR count). The Labute approximate surface area is 147 Å². The Balaban J connectivity index is 2.03. The zero-order valence-electron chi connectivity index (χ0n) is 13.7. The predicted molar refractivity (Wildman–Crippen MR) is 92.7 cm³/mol. The minimum atomic E-state index is -0.641. The zero-order valence-corrected chi connectivity index (χ0v) is 13.7. The summed E-state index contributed by atoms with van der Waals surface area (Å²) in [5.41, 5.74) is 9.04. The molecule has 128 valence electrons. The highest BCUT2D eigenvalue weighted by Gasteiger charge is 2.23. The fourth-order valence-corrected chi connectivity index (χ4v) is 2.94. The van der Waals surface area contributed by atoms with E-state index in [9.17, 15) is 9.18 Å². The highest BCUT2D eigenvalue weighted by molar-refractivity contribution is 6.06. The SMILES string of the molecule is Cc1nc(F)ccc1-c1ccncc1-c1nn2cccnc2c1C(N)=O. The predicted octanol–water partition coefficient (Wildman–Crippen LogP) is 2.40. The lowest BCUT2D eigenvalue weighted by Gasteiger charge is -2.10. The summed E-state index contributed by atoms with van der Waals surface area (Å²) in [6, 6.07) is 6.38. The highest BCUT2D eigenvalue weighted by Crippen LogP contribution is 2.34. The third-order valence-corrected chi connectivity index (χ3v) is 4.06. The van der Waals surface area contributed by atoms with Crippen molar-refractivity contribution < 1.29 is 9.18 Å². The van der Waals surface area contributed by atoms with Crippen molar-refractivity contribution in [3.8, 4) is 22.4 Å². The zero-order chi connectivity index (χ0) is 18.3. The number of primary amides is 1. The summed E-state index contributed by atoms with van der Waals surface area (Å²) in [6.07, 6.45) is 6.44. The maximum atomic E-state index is 13.4. The lowest BCUT2D eigenvalue weighted by molar-refractivity contribution is 0.100. The minimum absolute atomic E-state index is 0.201. The van der Waals surface area contributed by atoms with Gasteiger partial charge in [-0.1, -0.05) is 0 Å². The first-order chi connectivity index (χ1) is 12.6. The summed E-state index contributed by atoms with van der Waals surface area (Å²) in [4.78, 5) is 24.3. The second-order valence-corrected chi connectivity index (χ2v) is 5.66. The molecule has 4 aromatic heterocycles. The van der Waals surface area contributed by atoms with Gasteiger partial charge in [0.15, 0.2) is 5.65 Å². The molecule has 0 bridgehead atoms. The molecule has 0 spiro atoms. The van der Waals surface area contributed by atoms with E-state index in [1.807, 2.05) is 0 Å². The Kier molecular flexibility index (Phi) is 3.65. The number of hydrogen-bond donors (Lipinski definition) is 1. The Bertz CT molecular complexity index is 1150. The molecule has 0 aromatic carbocycles. The summed E-state index contributed by atoms with van der Waals surface area (Å²) >= 11 is 0. The third kappa shape index (κ3) is 2.48. The lowest BCUT2D eigenvalue weighted by Crippen LogP contribution is -2.12. The van der Waals surface area contributed by atoms with Gasteiger partial charge in [0.2, 0.25) is 5.95 Å². The van der Waals surface area contributed by atoms with E-state index < -0.39 is 11.9 Å². The minimum Gasteiger partial charge on any atom is -0.365 e. The van der Waals surface area contributed by atoms with Gasteiger partial charge in [0.05, 0.1) is 0 Å². The van der Waals surface area contributed by atoms with Crippen LogP contribution in [0, 0.1) is 12.9 Å². The summed E-state index contributed by atoms with van der Waals surface area (Å²) in [7, 11) is 0. The van der Waals surface area contributed by atoms with Crippen LogP contribution in [-0.2, 0) is 0 Å². The van der Waals surface area contributed by atoms with Crippen LogP contribution in [0.25, 0.3) is 28.0 Å². The van der Waals surface area contributed by atoms with Crippen molar-refractivity contribution in [2.45, 2.75) is 6.92 Å². The van der Waals surface area contributed by atoms with E-state index in [-0.39, 0.29) is 5.56 Å². The molecule has 0 radical (unpaired) electrons. The average molecular weight is 348 g/mol. The number of fused-ring (bicyclic) bond motifs is 1. The van der Waals surface area contributed by atoms with E-state index in [4.69, 9.17) is 5.73 Å². The first kappa shape index (κ1) is 15.8. The lowest BCUT2D eigenvalue weighted by atomic mass is 9.97. The van der Waals surface area contributed by atoms with E-state index >= 15 is 0 Å². The van der Waals surface area contributed by atoms with Crippen LogP contribution in [0.5, 0.6) is 0 Å². The van der Waals surface area contributed by atoms with Gasteiger partial charge in [-0.05, 0) is 36.8 Å². The Morgan fingerprint density at radius 3 is 2.77 bits per heavy atom. The molecule has 0 saturated heterocycles. The molecule has 0 unspecified atom stereocenters. The number of rotatable bonds is 3. The van der Waals surface area contributed by atoms with E-state index in [1.54, 1.807) is 49.9 Å². The fraction of sp³-hybridized carbons (Fsp3) is 0.0556. The molecule has 7 nitrogen and oxygen atoms in total. The topological polar surface area (TPSA) is 99.1 Å². The Morgan fingerprint density at radius 1 is 1.15 bits per heavy atom. The van der Waals surface area contributed by atoms with Crippen molar-refractivity contribution in [2.24, 2.45) is 5.73 Å². The van der Waals surface area contributed by atoms with Crippen LogP contribution >= 0.6 is 0 Å². The summed E-state index contributed by atoms with van der Waals surface area (Å²) < 4.78 is 14.9. The van der Waals surface area contributed by atoms with Crippen molar-refractivity contribution in [2.75, 3.05) is 0 Å². The number of pyridine rings is 2. The van der Waals surface area contributed by atoms with Crippen LogP contribution < -0.4 is 5.73 Å². The van der Waals surface area contributed by atoms with Gasteiger partial charge in [-0.15, -0.1) is 0 Å². The molecule has 1 amide bonds. The van der Waals surface area contributed by atoms with Gasteiger partial charge < -0.3 is 5.73 Å². The van der Waals surface area contributed by atoms with E-state index in [0.29, 0.717) is 28.2 Å². The van der Waals surface area contributed by atoms with Crippen molar-refractivity contribution in [1.82, 2.24) is 24.6 Å². The van der Waals surface area contributed by atoms with Crippen molar-refractivity contribution in [3.05, 3.63) is 66.3 Å². The van der Waals surface area contributed by atoms with Crippen LogP contribution in [0.2, 0.25) is 0 Å². The van der Waals surface area contributed by atoms with E-state index in [2.05, 4.69) is 20.1 Å². The van der Waals surface area contributed by atoms with Crippen LogP contribution in [-0.4, -0.2) is 30.5 Å². The number of aromatic nitrogens is 5. The van der Waals surface area contributed by atoms with E-state index in [1.165, 1.54) is 10.6 Å². The Hall–Kier alpha value is -3.68. The quantitative estimate of drug-likeness (QED) is 0.573. The van der Waals surface area contributed by atoms with Gasteiger partial charge >= 0.3 is 0 Å². The monoisotopic (exact) mass is 348 g/mol. The van der Waals surface area contributed by atoms with Gasteiger partial charge in [-0.3, -0.25) is 9.78 Å². The molecule has 8 heteroatoms. The number of amides is 1. The van der Waals surface area contributed by atoms with Crippen LogP contribution in [0.3, 0.4) is 0 Å². The first-order valence-corrected chi connectivity index (χ1v) is 7.77. The molecule has 0 atom stereocenters. The number of aryl methyl sites for hydroxylation is 1. The van der Waals surface area contributed by atoms with Gasteiger partial charge in [0.25, 0.3) is 5.91 Å². The number of halogens is 1. The number of nitrogens with two attached hydrogens (primary N) is 1. The molecular weight excluding hydrogens is 335 g/mol. The van der Waals surface area contributed by atoms with Gasteiger partial charge in [-0.2, -0.15) is 9.49 Å². The van der Waals surface area contributed by atoms with Crippen molar-refractivity contribution >= 4 is 11.6 Å². The number of hydrogen-bond acceptors (Lipinski definition) is 5. The number of carbonyl (C=O) groups is 1. The molecule has 0 fully saturated rings. The third-order valence-electron chi connectivity index (χ3n) is 4.06. The molecular formula is C18H13FN6O. The van der Waals surface area contributed by atoms with Crippen molar-refractivity contribution in [3.63, 3.8) is 0 Å². The van der Waals surface area contributed by atoms with Crippen LogP contribution in [0.4, 0.5) is 4.39 Å². The highest BCUT2D eigenvalue weighted by atomic mass is 19.1. The largest absolute Gasteiger partial charge is 0.365 e. The molecule has 4 aromatic rings. The second-order valence-electron chi connectivity index (χ2n) is 5.66. The summed E-state index contributed by atoms with van der Waals surface area (Å²) in [6.45, 7) is 1.71. The number of nitrogens with zero attached hydrogens (tertiary/aromatic N) is 5. The molecule has 0 aliphatic carbocycles. The molecule has 26 heavy (non-hydrogen) atoms. The molecule has 0 aliphatic rings. The standard InChI is InChI=1S/C18H13FN6O/c1-10-11(3-4-14(19)23-10)12-5-7-21-9-13(12)16-15(17(20)26)18-22-6-2-8-25(18)24-16/h2-9H,1H3,(H2,20,26). The van der Waals surface area contributed by atoms with Crippen LogP contribution in [0.1, 0.15) is 16.1 Å². The molecule has 4 heterocycles. The van der Waals surface area contributed by atoms with Gasteiger partial charge in [-0.25, -0.2) is 14.5 Å². The van der Waals surface area contributed by atoms with Gasteiger partial charge in [0.1, 0.15) is 11.3 Å². The normalized spacial score (nSPS) is 11.0. The summed E-state index contributed by atoms with van der Waals surface area (Å²) in [5, 5.41) is 4.46. The molecule has 2 N–H and O–H groups in total. The molecule has 0 saturated carbocycles. The van der Waals surface area contributed by atoms with E-state index in [0.717, 1.165) is 5.56 Å². The average Bonchev–Trinajstić information content (AvgIpc) is 3.01. The first-order valence-electron chi connectivity index (χ1n) is 7.77. The summed E-state index contributed by atoms with van der Waals surface area (Å²) in [5.74, 6) is -1.20. The molecule has 0 aliphatic heterocycles. The smallest absolute Gasteiger partial charge is 0.254 e. The van der Waals surface area contributed by atoms with Crippen molar-refractivity contribution in [1.29, 1.82) is 0 Å². The second kappa shape index (κ2) is 5.99. The fourth-order valence-electron chi connectivity index (χ4n) is 2.94. The maximum absolute atomic E-state index is 13.4.